The fourth-order valence-corrected chi connectivity index (χ4v) is 4.02. The van der Waals surface area contributed by atoms with Crippen molar-refractivity contribution in [2.45, 2.75) is 26.0 Å². The van der Waals surface area contributed by atoms with Crippen LogP contribution in [0.4, 0.5) is 0 Å². The van der Waals surface area contributed by atoms with Crippen molar-refractivity contribution < 1.29 is 18.0 Å². The Morgan fingerprint density at radius 3 is 2.28 bits per heavy atom. The zero-order valence-corrected chi connectivity index (χ0v) is 15.5. The van der Waals surface area contributed by atoms with E-state index in [0.717, 1.165) is 11.1 Å². The van der Waals surface area contributed by atoms with Crippen LogP contribution in [0.2, 0.25) is 0 Å². The smallest absolute Gasteiger partial charge is 0.224 e. The third kappa shape index (κ3) is 5.82. The van der Waals surface area contributed by atoms with E-state index in [2.05, 4.69) is 4.72 Å². The van der Waals surface area contributed by atoms with Gasteiger partial charge in [-0.2, -0.15) is 0 Å². The van der Waals surface area contributed by atoms with Crippen LogP contribution >= 0.6 is 0 Å². The third-order valence-corrected chi connectivity index (χ3v) is 5.68. The molecular weight excluding hydrogens is 342 g/mol. The predicted octanol–water partition coefficient (Wildman–Crippen LogP) is 0.495. The Balaban J connectivity index is 1.77. The molecule has 25 heavy (non-hydrogen) atoms. The molecule has 1 heterocycles. The van der Waals surface area contributed by atoms with Crippen molar-refractivity contribution in [1.29, 1.82) is 0 Å². The highest BCUT2D eigenvalue weighted by Crippen LogP contribution is 2.10. The molecule has 1 saturated heterocycles. The zero-order chi connectivity index (χ0) is 18.4. The number of carbonyl (C=O) groups is 2. The highest BCUT2D eigenvalue weighted by molar-refractivity contribution is 7.88. The molecule has 0 spiro atoms. The number of benzene rings is 1. The van der Waals surface area contributed by atoms with Crippen LogP contribution in [0.5, 0.6) is 0 Å². The summed E-state index contributed by atoms with van der Waals surface area (Å²) >= 11 is 0. The third-order valence-electron chi connectivity index (χ3n) is 4.35. The van der Waals surface area contributed by atoms with E-state index in [1.54, 1.807) is 15.9 Å². The number of amides is 2. The van der Waals surface area contributed by atoms with Crippen LogP contribution in [0.1, 0.15) is 24.5 Å². The number of carbonyl (C=O) groups excluding carboxylic acids is 2. The van der Waals surface area contributed by atoms with E-state index in [0.29, 0.717) is 26.2 Å². The Morgan fingerprint density at radius 1 is 1.08 bits per heavy atom. The second-order valence-corrected chi connectivity index (χ2v) is 8.02. The molecule has 0 saturated carbocycles. The van der Waals surface area contributed by atoms with Crippen LogP contribution in [0, 0.1) is 6.92 Å². The minimum atomic E-state index is -3.48. The van der Waals surface area contributed by atoms with Gasteiger partial charge < -0.3 is 9.80 Å². The monoisotopic (exact) mass is 367 g/mol. The van der Waals surface area contributed by atoms with E-state index in [-0.39, 0.29) is 30.5 Å². The van der Waals surface area contributed by atoms with Gasteiger partial charge in [0.25, 0.3) is 0 Å². The average Bonchev–Trinajstić information content (AvgIpc) is 2.56. The van der Waals surface area contributed by atoms with Gasteiger partial charge in [-0.05, 0) is 18.1 Å². The Bertz CT molecular complexity index is 725. The number of nitrogens with zero attached hydrogens (tertiary/aromatic N) is 2. The SMILES string of the molecule is CC(=O)N1CCN(C(=O)CCNS(=O)(=O)Cc2ccccc2C)CC1. The molecule has 1 fully saturated rings. The summed E-state index contributed by atoms with van der Waals surface area (Å²) in [6.07, 6.45) is 0.118. The van der Waals surface area contributed by atoms with E-state index in [1.807, 2.05) is 25.1 Å². The molecule has 1 aromatic rings. The van der Waals surface area contributed by atoms with Gasteiger partial charge in [-0.25, -0.2) is 13.1 Å². The number of aryl methyl sites for hydroxylation is 1. The molecule has 0 unspecified atom stereocenters. The molecule has 0 aromatic heterocycles. The first-order valence-electron chi connectivity index (χ1n) is 8.33. The lowest BCUT2D eigenvalue weighted by Crippen LogP contribution is -2.50. The number of sulfonamides is 1. The summed E-state index contributed by atoms with van der Waals surface area (Å²) in [5.41, 5.74) is 1.67. The predicted molar refractivity (Wildman–Crippen MR) is 95.3 cm³/mol. The van der Waals surface area contributed by atoms with Gasteiger partial charge in [-0.1, -0.05) is 24.3 Å². The first-order valence-corrected chi connectivity index (χ1v) is 9.99. The molecule has 8 heteroatoms. The largest absolute Gasteiger partial charge is 0.339 e. The van der Waals surface area contributed by atoms with Crippen molar-refractivity contribution >= 4 is 21.8 Å². The molecule has 7 nitrogen and oxygen atoms in total. The molecule has 1 aliphatic heterocycles. The number of hydrogen-bond donors (Lipinski definition) is 1. The van der Waals surface area contributed by atoms with Gasteiger partial charge in [0.15, 0.2) is 0 Å². The number of rotatable bonds is 6. The number of nitrogens with one attached hydrogen (secondary N) is 1. The van der Waals surface area contributed by atoms with Crippen molar-refractivity contribution in [2.24, 2.45) is 0 Å². The summed E-state index contributed by atoms with van der Waals surface area (Å²) in [6, 6.07) is 7.33. The van der Waals surface area contributed by atoms with E-state index >= 15 is 0 Å². The van der Waals surface area contributed by atoms with Crippen LogP contribution in [0.15, 0.2) is 24.3 Å². The highest BCUT2D eigenvalue weighted by Gasteiger charge is 2.22. The molecular formula is C17H25N3O4S. The lowest BCUT2D eigenvalue weighted by Gasteiger charge is -2.34. The molecule has 0 bridgehead atoms. The quantitative estimate of drug-likeness (QED) is 0.793. The standard InChI is InChI=1S/C17H25N3O4S/c1-14-5-3-4-6-16(14)13-25(23,24)18-8-7-17(22)20-11-9-19(10-12-20)15(2)21/h3-6,18H,7-13H2,1-2H3. The maximum absolute atomic E-state index is 12.2. The molecule has 0 aliphatic carbocycles. The lowest BCUT2D eigenvalue weighted by atomic mass is 10.1. The van der Waals surface area contributed by atoms with Gasteiger partial charge in [0.1, 0.15) is 0 Å². The van der Waals surface area contributed by atoms with Crippen LogP contribution in [-0.2, 0) is 25.4 Å². The van der Waals surface area contributed by atoms with E-state index in [4.69, 9.17) is 0 Å². The Morgan fingerprint density at radius 2 is 1.68 bits per heavy atom. The van der Waals surface area contributed by atoms with Crippen LogP contribution in [-0.4, -0.2) is 62.8 Å². The Kier molecular flexibility index (Phi) is 6.55. The second-order valence-electron chi connectivity index (χ2n) is 6.22. The summed E-state index contributed by atoms with van der Waals surface area (Å²) in [4.78, 5) is 26.8. The van der Waals surface area contributed by atoms with E-state index in [1.165, 1.54) is 6.92 Å². The number of piperazine rings is 1. The fourth-order valence-electron chi connectivity index (χ4n) is 2.77. The first kappa shape index (κ1) is 19.4. The Hall–Kier alpha value is -1.93. The highest BCUT2D eigenvalue weighted by atomic mass is 32.2. The van der Waals surface area contributed by atoms with Crippen LogP contribution < -0.4 is 4.72 Å². The molecule has 138 valence electrons. The minimum absolute atomic E-state index is 0.0102. The maximum atomic E-state index is 12.2. The molecule has 0 atom stereocenters. The molecule has 1 N–H and O–H groups in total. The number of hydrogen-bond acceptors (Lipinski definition) is 4. The van der Waals surface area contributed by atoms with Crippen LogP contribution in [0.3, 0.4) is 0 Å². The second kappa shape index (κ2) is 8.44. The molecule has 2 rings (SSSR count). The topological polar surface area (TPSA) is 86.8 Å². The summed E-state index contributed by atoms with van der Waals surface area (Å²) < 4.78 is 26.8. The zero-order valence-electron chi connectivity index (χ0n) is 14.7. The minimum Gasteiger partial charge on any atom is -0.339 e. The van der Waals surface area contributed by atoms with E-state index < -0.39 is 10.0 Å². The van der Waals surface area contributed by atoms with Crippen LogP contribution in [0.25, 0.3) is 0 Å². The molecule has 1 aromatic carbocycles. The summed E-state index contributed by atoms with van der Waals surface area (Å²) in [5, 5.41) is 0. The first-order chi connectivity index (χ1) is 11.8. The normalized spacial score (nSPS) is 15.3. The van der Waals surface area contributed by atoms with Gasteiger partial charge in [0.05, 0.1) is 5.75 Å². The summed E-state index contributed by atoms with van der Waals surface area (Å²) in [5.74, 6) is -0.177. The summed E-state index contributed by atoms with van der Waals surface area (Å²) in [6.45, 7) is 5.51. The van der Waals surface area contributed by atoms with Gasteiger partial charge in [0, 0.05) is 46.1 Å². The molecule has 1 aliphatic rings. The molecule has 2 amide bonds. The van der Waals surface area contributed by atoms with Crippen molar-refractivity contribution in [3.8, 4) is 0 Å². The summed E-state index contributed by atoms with van der Waals surface area (Å²) in [7, 11) is -3.48. The average molecular weight is 367 g/mol. The van der Waals surface area contributed by atoms with Gasteiger partial charge in [0.2, 0.25) is 21.8 Å². The van der Waals surface area contributed by atoms with Crippen molar-refractivity contribution in [3.63, 3.8) is 0 Å². The van der Waals surface area contributed by atoms with Gasteiger partial charge in [-0.15, -0.1) is 0 Å². The van der Waals surface area contributed by atoms with Crippen molar-refractivity contribution in [2.75, 3.05) is 32.7 Å². The van der Waals surface area contributed by atoms with E-state index in [9.17, 15) is 18.0 Å². The van der Waals surface area contributed by atoms with Crippen molar-refractivity contribution in [1.82, 2.24) is 14.5 Å². The van der Waals surface area contributed by atoms with Crippen molar-refractivity contribution in [3.05, 3.63) is 35.4 Å². The van der Waals surface area contributed by atoms with Gasteiger partial charge in [-0.3, -0.25) is 9.59 Å². The maximum Gasteiger partial charge on any atom is 0.224 e. The van der Waals surface area contributed by atoms with Gasteiger partial charge >= 0.3 is 0 Å². The Labute approximate surface area is 149 Å². The fraction of sp³-hybridized carbons (Fsp3) is 0.529. The lowest BCUT2D eigenvalue weighted by molar-refractivity contribution is -0.138. The molecule has 0 radical (unpaired) electrons.